The van der Waals surface area contributed by atoms with E-state index in [2.05, 4.69) is 20.9 Å². The SMILES string of the molecule is NC(N)=NCCCC(NC(=O)C(N)CCC(=O)O)C(=O)NC(Cc1ccc(O)cc1)C(=O)NC(CC(=O)O)C(=O)O. The lowest BCUT2D eigenvalue weighted by atomic mass is 10.0. The summed E-state index contributed by atoms with van der Waals surface area (Å²) in [4.78, 5) is 76.0. The van der Waals surface area contributed by atoms with Gasteiger partial charge in [-0.3, -0.25) is 29.0 Å². The van der Waals surface area contributed by atoms with Crippen molar-refractivity contribution < 1.29 is 49.2 Å². The van der Waals surface area contributed by atoms with Crippen molar-refractivity contribution in [2.24, 2.45) is 22.2 Å². The van der Waals surface area contributed by atoms with Gasteiger partial charge in [-0.25, -0.2) is 4.79 Å². The maximum absolute atomic E-state index is 13.3. The number of hydrogen-bond acceptors (Lipinski definition) is 9. The quantitative estimate of drug-likeness (QED) is 0.0476. The number of nitrogens with two attached hydrogens (primary N) is 3. The van der Waals surface area contributed by atoms with Crippen LogP contribution in [0.2, 0.25) is 0 Å². The number of benzene rings is 1. The lowest BCUT2D eigenvalue weighted by molar-refractivity contribution is -0.147. The van der Waals surface area contributed by atoms with Gasteiger partial charge in [-0.15, -0.1) is 0 Å². The smallest absolute Gasteiger partial charge is 0.326 e. The zero-order chi connectivity index (χ0) is 31.1. The van der Waals surface area contributed by atoms with E-state index < -0.39 is 72.6 Å². The third-order valence-electron chi connectivity index (χ3n) is 5.59. The van der Waals surface area contributed by atoms with Crippen LogP contribution in [0.1, 0.15) is 37.7 Å². The molecule has 17 heteroatoms. The third-order valence-corrected chi connectivity index (χ3v) is 5.59. The number of aromatic hydroxyl groups is 1. The standard InChI is InChI=1S/C24H35N7O10/c25-14(7-8-18(33)34)20(37)29-15(2-1-9-28-24(26)27)21(38)30-16(10-12-3-5-13(32)6-4-12)22(39)31-17(23(40)41)11-19(35)36/h3-6,14-17,32H,1-2,7-11,25H2,(H,29,37)(H,30,38)(H,31,39)(H,33,34)(H,35,36)(H,40,41)(H4,26,27,28). The number of amides is 3. The van der Waals surface area contributed by atoms with Crippen LogP contribution in [0.4, 0.5) is 0 Å². The number of guanidine groups is 1. The Bertz CT molecular complexity index is 1120. The number of hydrogen-bond donors (Lipinski definition) is 10. The fourth-order valence-electron chi connectivity index (χ4n) is 3.46. The molecule has 1 aromatic carbocycles. The Balaban J connectivity index is 3.20. The monoisotopic (exact) mass is 581 g/mol. The Morgan fingerprint density at radius 2 is 1.34 bits per heavy atom. The van der Waals surface area contributed by atoms with E-state index in [-0.39, 0.29) is 43.9 Å². The molecule has 0 aliphatic rings. The molecule has 0 radical (unpaired) electrons. The first kappa shape index (κ1) is 34.1. The number of phenols is 1. The fraction of sp³-hybridized carbons (Fsp3) is 0.458. The maximum Gasteiger partial charge on any atom is 0.326 e. The van der Waals surface area contributed by atoms with E-state index in [1.54, 1.807) is 0 Å². The zero-order valence-corrected chi connectivity index (χ0v) is 22.0. The summed E-state index contributed by atoms with van der Waals surface area (Å²) in [6, 6.07) is -0.266. The minimum Gasteiger partial charge on any atom is -0.508 e. The molecule has 17 nitrogen and oxygen atoms in total. The molecule has 0 fully saturated rings. The van der Waals surface area contributed by atoms with Gasteiger partial charge in [0, 0.05) is 19.4 Å². The molecule has 0 bridgehead atoms. The highest BCUT2D eigenvalue weighted by Crippen LogP contribution is 2.12. The van der Waals surface area contributed by atoms with Gasteiger partial charge in [-0.1, -0.05) is 12.1 Å². The molecule has 0 saturated carbocycles. The largest absolute Gasteiger partial charge is 0.508 e. The summed E-state index contributed by atoms with van der Waals surface area (Å²) in [5, 5.41) is 43.6. The maximum atomic E-state index is 13.3. The minimum atomic E-state index is -1.80. The van der Waals surface area contributed by atoms with Gasteiger partial charge in [0.1, 0.15) is 23.9 Å². The summed E-state index contributed by atoms with van der Waals surface area (Å²) in [6.45, 7) is 0.0833. The molecule has 0 spiro atoms. The summed E-state index contributed by atoms with van der Waals surface area (Å²) in [7, 11) is 0. The molecule has 0 heterocycles. The summed E-state index contributed by atoms with van der Waals surface area (Å²) < 4.78 is 0. The molecular formula is C24H35N7O10. The van der Waals surface area contributed by atoms with E-state index in [0.717, 1.165) is 0 Å². The molecule has 13 N–H and O–H groups in total. The van der Waals surface area contributed by atoms with Crippen molar-refractivity contribution in [3.63, 3.8) is 0 Å². The summed E-state index contributed by atoms with van der Waals surface area (Å²) >= 11 is 0. The van der Waals surface area contributed by atoms with Crippen LogP contribution in [-0.2, 0) is 35.2 Å². The Morgan fingerprint density at radius 1 is 0.780 bits per heavy atom. The molecule has 3 amide bonds. The van der Waals surface area contributed by atoms with E-state index in [0.29, 0.717) is 5.56 Å². The van der Waals surface area contributed by atoms with Crippen molar-refractivity contribution in [1.82, 2.24) is 16.0 Å². The Kier molecular flexibility index (Phi) is 14.1. The molecule has 4 atom stereocenters. The molecule has 0 aromatic heterocycles. The number of phenolic OH excluding ortho intramolecular Hbond substituents is 1. The summed E-state index contributed by atoms with van der Waals surface area (Å²) in [5.41, 5.74) is 16.8. The highest BCUT2D eigenvalue weighted by molar-refractivity contribution is 5.94. The second-order valence-electron chi connectivity index (χ2n) is 8.98. The van der Waals surface area contributed by atoms with Crippen molar-refractivity contribution >= 4 is 41.6 Å². The normalized spacial score (nSPS) is 13.5. The number of aliphatic imine (C=N–C) groups is 1. The number of nitrogens with one attached hydrogen (secondary N) is 3. The fourth-order valence-corrected chi connectivity index (χ4v) is 3.46. The summed E-state index contributed by atoms with van der Waals surface area (Å²) in [5.74, 6) is -7.29. The third kappa shape index (κ3) is 13.6. The van der Waals surface area contributed by atoms with Gasteiger partial charge in [0.25, 0.3) is 0 Å². The van der Waals surface area contributed by atoms with Crippen LogP contribution in [0.15, 0.2) is 29.3 Å². The van der Waals surface area contributed by atoms with Crippen LogP contribution in [0.5, 0.6) is 5.75 Å². The first-order valence-electron chi connectivity index (χ1n) is 12.4. The van der Waals surface area contributed by atoms with Gasteiger partial charge in [-0.05, 0) is 37.0 Å². The van der Waals surface area contributed by atoms with Crippen LogP contribution in [0.3, 0.4) is 0 Å². The second kappa shape index (κ2) is 16.9. The van der Waals surface area contributed by atoms with Crippen molar-refractivity contribution in [2.75, 3.05) is 6.54 Å². The van der Waals surface area contributed by atoms with Gasteiger partial charge in [0.05, 0.1) is 12.5 Å². The van der Waals surface area contributed by atoms with Crippen LogP contribution in [0.25, 0.3) is 0 Å². The van der Waals surface area contributed by atoms with Crippen molar-refractivity contribution in [3.05, 3.63) is 29.8 Å². The highest BCUT2D eigenvalue weighted by Gasteiger charge is 2.31. The van der Waals surface area contributed by atoms with Gasteiger partial charge in [0.15, 0.2) is 5.96 Å². The summed E-state index contributed by atoms with van der Waals surface area (Å²) in [6.07, 6.45) is -1.59. The Hall–Kier alpha value is -4.93. The van der Waals surface area contributed by atoms with Gasteiger partial charge in [-0.2, -0.15) is 0 Å². The van der Waals surface area contributed by atoms with E-state index in [1.165, 1.54) is 24.3 Å². The van der Waals surface area contributed by atoms with E-state index in [4.69, 9.17) is 27.4 Å². The van der Waals surface area contributed by atoms with Crippen molar-refractivity contribution in [1.29, 1.82) is 0 Å². The number of carbonyl (C=O) groups excluding carboxylic acids is 3. The number of carboxylic acids is 3. The van der Waals surface area contributed by atoms with E-state index >= 15 is 0 Å². The van der Waals surface area contributed by atoms with E-state index in [9.17, 15) is 39.0 Å². The van der Waals surface area contributed by atoms with Crippen molar-refractivity contribution in [3.8, 4) is 5.75 Å². The lowest BCUT2D eigenvalue weighted by Crippen LogP contribution is -2.57. The minimum absolute atomic E-state index is 0.0374. The number of carbonyl (C=O) groups is 6. The second-order valence-corrected chi connectivity index (χ2v) is 8.98. The van der Waals surface area contributed by atoms with Crippen LogP contribution in [-0.4, -0.2) is 92.7 Å². The van der Waals surface area contributed by atoms with Gasteiger partial charge in [0.2, 0.25) is 17.7 Å². The first-order chi connectivity index (χ1) is 19.2. The topological polar surface area (TPSA) is 310 Å². The number of nitrogens with zero attached hydrogens (tertiary/aromatic N) is 1. The molecular weight excluding hydrogens is 546 g/mol. The van der Waals surface area contributed by atoms with Crippen LogP contribution >= 0.6 is 0 Å². The average Bonchev–Trinajstić information content (AvgIpc) is 2.88. The molecule has 1 aromatic rings. The molecule has 4 unspecified atom stereocenters. The predicted octanol–water partition coefficient (Wildman–Crippen LogP) is -2.81. The number of aliphatic carboxylic acids is 3. The zero-order valence-electron chi connectivity index (χ0n) is 22.0. The van der Waals surface area contributed by atoms with Crippen LogP contribution < -0.4 is 33.2 Å². The van der Waals surface area contributed by atoms with Gasteiger partial charge < -0.3 is 53.6 Å². The number of carboxylic acid groups (broad SMARTS) is 3. The molecule has 0 saturated heterocycles. The molecule has 0 aliphatic heterocycles. The lowest BCUT2D eigenvalue weighted by Gasteiger charge is -2.25. The predicted molar refractivity (Wildman–Crippen MR) is 142 cm³/mol. The molecule has 226 valence electrons. The van der Waals surface area contributed by atoms with Gasteiger partial charge >= 0.3 is 17.9 Å². The van der Waals surface area contributed by atoms with Crippen molar-refractivity contribution in [2.45, 2.75) is 62.7 Å². The molecule has 1 rings (SSSR count). The molecule has 41 heavy (non-hydrogen) atoms. The Labute approximate surface area is 234 Å². The van der Waals surface area contributed by atoms with Crippen LogP contribution in [0, 0.1) is 0 Å². The molecule has 0 aliphatic carbocycles. The average molecular weight is 582 g/mol. The van der Waals surface area contributed by atoms with E-state index in [1.807, 2.05) is 0 Å². The number of rotatable bonds is 18. The Morgan fingerprint density at radius 3 is 1.88 bits per heavy atom. The highest BCUT2D eigenvalue weighted by atomic mass is 16.4. The first-order valence-corrected chi connectivity index (χ1v) is 12.4.